The topological polar surface area (TPSA) is 46.3 Å². The molecule has 1 amide bonds. The van der Waals surface area contributed by atoms with Crippen molar-refractivity contribution >= 4 is 21.8 Å². The maximum Gasteiger partial charge on any atom is 0.222 e. The monoisotopic (exact) mass is 340 g/mol. The summed E-state index contributed by atoms with van der Waals surface area (Å²) in [6, 6.07) is 7.99. The third kappa shape index (κ3) is 5.63. The summed E-state index contributed by atoms with van der Waals surface area (Å²) in [6.45, 7) is 5.53. The largest absolute Gasteiger partial charge is 0.341 e. The van der Waals surface area contributed by atoms with E-state index in [2.05, 4.69) is 29.8 Å². The molecule has 20 heavy (non-hydrogen) atoms. The van der Waals surface area contributed by atoms with Gasteiger partial charge in [-0.3, -0.25) is 4.79 Å². The highest BCUT2D eigenvalue weighted by molar-refractivity contribution is 9.10. The summed E-state index contributed by atoms with van der Waals surface area (Å²) in [5.74, 6) is 1.02. The van der Waals surface area contributed by atoms with E-state index in [1.54, 1.807) is 4.90 Å². The predicted molar refractivity (Wildman–Crippen MR) is 87.2 cm³/mol. The molecule has 0 bridgehead atoms. The molecule has 112 valence electrons. The number of hydrogen-bond acceptors (Lipinski definition) is 2. The van der Waals surface area contributed by atoms with Gasteiger partial charge in [-0.05, 0) is 36.4 Å². The van der Waals surface area contributed by atoms with Crippen LogP contribution in [0.4, 0.5) is 0 Å². The van der Waals surface area contributed by atoms with Crippen molar-refractivity contribution < 1.29 is 4.79 Å². The molecule has 1 rings (SSSR count). The van der Waals surface area contributed by atoms with Crippen molar-refractivity contribution in [2.75, 3.05) is 13.6 Å². The number of benzene rings is 1. The van der Waals surface area contributed by atoms with E-state index in [4.69, 9.17) is 5.73 Å². The maximum absolute atomic E-state index is 12.3. The van der Waals surface area contributed by atoms with E-state index < -0.39 is 0 Å². The van der Waals surface area contributed by atoms with Crippen LogP contribution in [0.1, 0.15) is 32.3 Å². The molecule has 0 radical (unpaired) electrons. The fraction of sp³-hybridized carbons (Fsp3) is 0.562. The van der Waals surface area contributed by atoms with Gasteiger partial charge in [0.2, 0.25) is 5.91 Å². The molecule has 1 aromatic rings. The van der Waals surface area contributed by atoms with Crippen LogP contribution in [0, 0.1) is 11.8 Å². The highest BCUT2D eigenvalue weighted by Gasteiger charge is 2.17. The first kappa shape index (κ1) is 17.2. The van der Waals surface area contributed by atoms with Crippen LogP contribution >= 0.6 is 15.9 Å². The van der Waals surface area contributed by atoms with Crippen LogP contribution in [-0.4, -0.2) is 24.4 Å². The number of carbonyl (C=O) groups is 1. The van der Waals surface area contributed by atoms with Crippen molar-refractivity contribution in [3.63, 3.8) is 0 Å². The van der Waals surface area contributed by atoms with Crippen LogP contribution in [0.25, 0.3) is 0 Å². The van der Waals surface area contributed by atoms with E-state index in [1.165, 1.54) is 0 Å². The van der Waals surface area contributed by atoms with Gasteiger partial charge in [0.15, 0.2) is 0 Å². The lowest BCUT2D eigenvalue weighted by molar-refractivity contribution is -0.131. The Kier molecular flexibility index (Phi) is 7.24. The van der Waals surface area contributed by atoms with Crippen molar-refractivity contribution in [3.05, 3.63) is 34.3 Å². The molecule has 0 heterocycles. The zero-order valence-electron chi connectivity index (χ0n) is 12.6. The van der Waals surface area contributed by atoms with Gasteiger partial charge in [-0.2, -0.15) is 0 Å². The number of nitrogens with two attached hydrogens (primary N) is 1. The molecule has 0 aliphatic heterocycles. The summed E-state index contributed by atoms with van der Waals surface area (Å²) in [7, 11) is 1.85. The maximum atomic E-state index is 12.3. The van der Waals surface area contributed by atoms with E-state index in [9.17, 15) is 4.79 Å². The molecule has 4 heteroatoms. The Hall–Kier alpha value is -0.870. The minimum atomic E-state index is 0.164. The molecule has 0 aliphatic carbocycles. The molecule has 1 atom stereocenters. The summed E-state index contributed by atoms with van der Waals surface area (Å²) < 4.78 is 1.04. The number of rotatable bonds is 7. The molecule has 0 fully saturated rings. The van der Waals surface area contributed by atoms with Crippen LogP contribution in [-0.2, 0) is 11.3 Å². The molecule has 0 aliphatic rings. The molecular weight excluding hydrogens is 316 g/mol. The molecule has 2 N–H and O–H groups in total. The Balaban J connectivity index is 2.56. The smallest absolute Gasteiger partial charge is 0.222 e. The SMILES string of the molecule is CC(C)C[C@H](CN)CC(=O)N(C)Cc1ccccc1Br. The van der Waals surface area contributed by atoms with Gasteiger partial charge in [0.1, 0.15) is 0 Å². The van der Waals surface area contributed by atoms with Gasteiger partial charge >= 0.3 is 0 Å². The number of halogens is 1. The van der Waals surface area contributed by atoms with Gasteiger partial charge in [0.25, 0.3) is 0 Å². The Bertz CT molecular complexity index is 434. The number of nitrogens with zero attached hydrogens (tertiary/aromatic N) is 1. The standard InChI is InChI=1S/C16H25BrN2O/c1-12(2)8-13(10-18)9-16(20)19(3)11-14-6-4-5-7-15(14)17/h4-7,12-13H,8-11,18H2,1-3H3/t13-/m0/s1. The Morgan fingerprint density at radius 2 is 2.00 bits per heavy atom. The Labute approximate surface area is 130 Å². The van der Waals surface area contributed by atoms with Crippen LogP contribution in [0.5, 0.6) is 0 Å². The fourth-order valence-corrected chi connectivity index (χ4v) is 2.71. The van der Waals surface area contributed by atoms with Crippen molar-refractivity contribution in [1.29, 1.82) is 0 Å². The highest BCUT2D eigenvalue weighted by atomic mass is 79.9. The van der Waals surface area contributed by atoms with Gasteiger partial charge in [-0.1, -0.05) is 48.0 Å². The van der Waals surface area contributed by atoms with Crippen molar-refractivity contribution in [1.82, 2.24) is 4.90 Å². The van der Waals surface area contributed by atoms with Crippen LogP contribution < -0.4 is 5.73 Å². The van der Waals surface area contributed by atoms with Crippen LogP contribution in [0.3, 0.4) is 0 Å². The number of hydrogen-bond donors (Lipinski definition) is 1. The summed E-state index contributed by atoms with van der Waals surface area (Å²) in [5, 5.41) is 0. The second-order valence-electron chi connectivity index (χ2n) is 5.78. The first-order valence-electron chi connectivity index (χ1n) is 7.11. The predicted octanol–water partition coefficient (Wildman–Crippen LogP) is 3.42. The summed E-state index contributed by atoms with van der Waals surface area (Å²) in [5.41, 5.74) is 6.89. The Morgan fingerprint density at radius 3 is 2.55 bits per heavy atom. The summed E-state index contributed by atoms with van der Waals surface area (Å²) in [4.78, 5) is 14.0. The zero-order valence-corrected chi connectivity index (χ0v) is 14.2. The average Bonchev–Trinajstić information content (AvgIpc) is 2.39. The first-order valence-corrected chi connectivity index (χ1v) is 7.90. The summed E-state index contributed by atoms with van der Waals surface area (Å²) >= 11 is 3.51. The molecule has 0 spiro atoms. The van der Waals surface area contributed by atoms with Crippen LogP contribution in [0.2, 0.25) is 0 Å². The van der Waals surface area contributed by atoms with Gasteiger partial charge in [-0.25, -0.2) is 0 Å². The van der Waals surface area contributed by atoms with E-state index >= 15 is 0 Å². The minimum absolute atomic E-state index is 0.164. The third-order valence-electron chi connectivity index (χ3n) is 3.39. The van der Waals surface area contributed by atoms with Crippen LogP contribution in [0.15, 0.2) is 28.7 Å². The highest BCUT2D eigenvalue weighted by Crippen LogP contribution is 2.19. The van der Waals surface area contributed by atoms with Gasteiger partial charge < -0.3 is 10.6 Å². The average molecular weight is 341 g/mol. The summed E-state index contributed by atoms with van der Waals surface area (Å²) in [6.07, 6.45) is 1.54. The molecule has 0 saturated carbocycles. The molecule has 1 aromatic carbocycles. The van der Waals surface area contributed by atoms with Gasteiger partial charge in [-0.15, -0.1) is 0 Å². The molecular formula is C16H25BrN2O. The van der Waals surface area contributed by atoms with Crippen molar-refractivity contribution in [2.45, 2.75) is 33.2 Å². The van der Waals surface area contributed by atoms with E-state index in [1.807, 2.05) is 31.3 Å². The third-order valence-corrected chi connectivity index (χ3v) is 4.17. The first-order chi connectivity index (χ1) is 9.43. The molecule has 3 nitrogen and oxygen atoms in total. The van der Waals surface area contributed by atoms with E-state index in [0.717, 1.165) is 16.5 Å². The lowest BCUT2D eigenvalue weighted by Crippen LogP contribution is -2.30. The molecule has 0 aromatic heterocycles. The van der Waals surface area contributed by atoms with Crippen molar-refractivity contribution in [3.8, 4) is 0 Å². The molecule has 0 saturated heterocycles. The lowest BCUT2D eigenvalue weighted by atomic mass is 9.94. The second-order valence-corrected chi connectivity index (χ2v) is 6.63. The number of amides is 1. The Morgan fingerprint density at radius 1 is 1.35 bits per heavy atom. The van der Waals surface area contributed by atoms with E-state index in [-0.39, 0.29) is 11.8 Å². The fourth-order valence-electron chi connectivity index (χ4n) is 2.30. The van der Waals surface area contributed by atoms with Crippen molar-refractivity contribution in [2.24, 2.45) is 17.6 Å². The normalized spacial score (nSPS) is 12.5. The number of carbonyl (C=O) groups excluding carboxylic acids is 1. The quantitative estimate of drug-likeness (QED) is 0.826. The minimum Gasteiger partial charge on any atom is -0.341 e. The van der Waals surface area contributed by atoms with Gasteiger partial charge in [0.05, 0.1) is 0 Å². The lowest BCUT2D eigenvalue weighted by Gasteiger charge is -2.22. The second kappa shape index (κ2) is 8.42. The molecule has 0 unspecified atom stereocenters. The van der Waals surface area contributed by atoms with Gasteiger partial charge in [0, 0.05) is 24.5 Å². The van der Waals surface area contributed by atoms with E-state index in [0.29, 0.717) is 25.4 Å². The zero-order chi connectivity index (χ0) is 15.1.